The second-order valence-corrected chi connectivity index (χ2v) is 4.10. The van der Waals surface area contributed by atoms with Crippen molar-refractivity contribution >= 4 is 21.6 Å². The number of alkyl halides is 4. The second kappa shape index (κ2) is 5.71. The van der Waals surface area contributed by atoms with Gasteiger partial charge in [0.1, 0.15) is 12.4 Å². The first kappa shape index (κ1) is 14.3. The summed E-state index contributed by atoms with van der Waals surface area (Å²) in [5.41, 5.74) is 0.916. The van der Waals surface area contributed by atoms with E-state index in [0.29, 0.717) is 16.6 Å². The fourth-order valence-electron chi connectivity index (χ4n) is 1.55. The standard InChI is InChI=1S/C11H12BrF4N/c1-2-17(7-11(14,15)16)10-4-3-9(13)5-8(10)6-12/h3-5H,2,6-7H2,1H3. The lowest BCUT2D eigenvalue weighted by Gasteiger charge is -2.26. The highest BCUT2D eigenvalue weighted by Crippen LogP contribution is 2.27. The minimum absolute atomic E-state index is 0.213. The van der Waals surface area contributed by atoms with Crippen LogP contribution in [-0.2, 0) is 5.33 Å². The lowest BCUT2D eigenvalue weighted by Crippen LogP contribution is -2.34. The fraction of sp³-hybridized carbons (Fsp3) is 0.455. The van der Waals surface area contributed by atoms with Crippen molar-refractivity contribution in [2.75, 3.05) is 18.0 Å². The van der Waals surface area contributed by atoms with Crippen LogP contribution in [0.4, 0.5) is 23.2 Å². The molecule has 6 heteroatoms. The van der Waals surface area contributed by atoms with Crippen molar-refractivity contribution in [3.63, 3.8) is 0 Å². The molecule has 0 radical (unpaired) electrons. The van der Waals surface area contributed by atoms with Crippen LogP contribution in [0, 0.1) is 5.82 Å². The molecule has 96 valence electrons. The van der Waals surface area contributed by atoms with E-state index in [9.17, 15) is 17.6 Å². The van der Waals surface area contributed by atoms with Gasteiger partial charge in [0.2, 0.25) is 0 Å². The van der Waals surface area contributed by atoms with E-state index in [0.717, 1.165) is 0 Å². The highest BCUT2D eigenvalue weighted by Gasteiger charge is 2.30. The molecule has 0 aromatic heterocycles. The summed E-state index contributed by atoms with van der Waals surface area (Å²) in [7, 11) is 0. The van der Waals surface area contributed by atoms with Crippen LogP contribution in [0.15, 0.2) is 18.2 Å². The average Bonchev–Trinajstić information content (AvgIpc) is 2.24. The van der Waals surface area contributed by atoms with Gasteiger partial charge in [0.05, 0.1) is 0 Å². The number of halogens is 5. The summed E-state index contributed by atoms with van der Waals surface area (Å²) in [5, 5.41) is 0.314. The fourth-order valence-corrected chi connectivity index (χ4v) is 2.00. The number of rotatable bonds is 4. The van der Waals surface area contributed by atoms with Gasteiger partial charge in [-0.15, -0.1) is 0 Å². The molecule has 0 aliphatic rings. The molecule has 0 saturated carbocycles. The molecule has 0 fully saturated rings. The van der Waals surface area contributed by atoms with Gasteiger partial charge >= 0.3 is 6.18 Å². The maximum absolute atomic E-state index is 13.0. The first-order valence-electron chi connectivity index (χ1n) is 5.03. The predicted octanol–water partition coefficient (Wildman–Crippen LogP) is 4.11. The second-order valence-electron chi connectivity index (χ2n) is 3.54. The molecule has 0 unspecified atom stereocenters. The van der Waals surface area contributed by atoms with E-state index in [2.05, 4.69) is 15.9 Å². The quantitative estimate of drug-likeness (QED) is 0.597. The van der Waals surface area contributed by atoms with E-state index >= 15 is 0 Å². The largest absolute Gasteiger partial charge is 0.405 e. The molecule has 0 aliphatic carbocycles. The summed E-state index contributed by atoms with van der Waals surface area (Å²) in [4.78, 5) is 1.18. The van der Waals surface area contributed by atoms with Crippen molar-refractivity contribution in [2.45, 2.75) is 18.4 Å². The monoisotopic (exact) mass is 313 g/mol. The molecule has 1 aromatic carbocycles. The summed E-state index contributed by atoms with van der Waals surface area (Å²) in [6.07, 6.45) is -4.27. The zero-order valence-electron chi connectivity index (χ0n) is 9.19. The normalized spacial score (nSPS) is 11.6. The van der Waals surface area contributed by atoms with Crippen molar-refractivity contribution in [1.29, 1.82) is 0 Å². The van der Waals surface area contributed by atoms with E-state index in [1.807, 2.05) is 0 Å². The summed E-state index contributed by atoms with van der Waals surface area (Å²) >= 11 is 3.15. The van der Waals surface area contributed by atoms with E-state index in [-0.39, 0.29) is 6.54 Å². The van der Waals surface area contributed by atoms with Crippen LogP contribution >= 0.6 is 15.9 Å². The molecule has 17 heavy (non-hydrogen) atoms. The SMILES string of the molecule is CCN(CC(F)(F)F)c1ccc(F)cc1CBr. The summed E-state index contributed by atoms with van der Waals surface area (Å²) in [6.45, 7) is 0.813. The molecule has 0 amide bonds. The third-order valence-electron chi connectivity index (χ3n) is 2.28. The van der Waals surface area contributed by atoms with E-state index in [4.69, 9.17) is 0 Å². The maximum atomic E-state index is 13.0. The molecule has 1 aromatic rings. The number of hydrogen-bond donors (Lipinski definition) is 0. The van der Waals surface area contributed by atoms with Crippen molar-refractivity contribution < 1.29 is 17.6 Å². The van der Waals surface area contributed by atoms with Crippen LogP contribution in [-0.4, -0.2) is 19.3 Å². The van der Waals surface area contributed by atoms with Gasteiger partial charge in [0.15, 0.2) is 0 Å². The van der Waals surface area contributed by atoms with Crippen LogP contribution in [0.25, 0.3) is 0 Å². The zero-order valence-corrected chi connectivity index (χ0v) is 10.8. The van der Waals surface area contributed by atoms with Gasteiger partial charge in [-0.3, -0.25) is 0 Å². The highest BCUT2D eigenvalue weighted by atomic mass is 79.9. The van der Waals surface area contributed by atoms with Gasteiger partial charge in [0, 0.05) is 17.6 Å². The van der Waals surface area contributed by atoms with Crippen LogP contribution in [0.2, 0.25) is 0 Å². The lowest BCUT2D eigenvalue weighted by molar-refractivity contribution is -0.119. The Morgan fingerprint density at radius 3 is 2.41 bits per heavy atom. The van der Waals surface area contributed by atoms with Crippen molar-refractivity contribution in [3.8, 4) is 0 Å². The maximum Gasteiger partial charge on any atom is 0.405 e. The molecule has 1 nitrogen and oxygen atoms in total. The van der Waals surface area contributed by atoms with Gasteiger partial charge in [-0.2, -0.15) is 13.2 Å². The van der Waals surface area contributed by atoms with Crippen LogP contribution in [0.1, 0.15) is 12.5 Å². The number of benzene rings is 1. The molecular weight excluding hydrogens is 302 g/mol. The summed E-state index contributed by atoms with van der Waals surface area (Å²) < 4.78 is 50.1. The molecule has 0 saturated heterocycles. The van der Waals surface area contributed by atoms with Crippen LogP contribution in [0.5, 0.6) is 0 Å². The first-order valence-corrected chi connectivity index (χ1v) is 6.15. The molecule has 0 heterocycles. The van der Waals surface area contributed by atoms with E-state index in [1.54, 1.807) is 6.92 Å². The van der Waals surface area contributed by atoms with Gasteiger partial charge in [0.25, 0.3) is 0 Å². The Hall–Kier alpha value is -0.780. The predicted molar refractivity (Wildman–Crippen MR) is 63.0 cm³/mol. The number of anilines is 1. The Morgan fingerprint density at radius 1 is 1.29 bits per heavy atom. The Labute approximate surface area is 106 Å². The topological polar surface area (TPSA) is 3.24 Å². The first-order chi connectivity index (χ1) is 7.87. The summed E-state index contributed by atoms with van der Waals surface area (Å²) in [6, 6.07) is 3.78. The van der Waals surface area contributed by atoms with Gasteiger partial charge in [-0.25, -0.2) is 4.39 Å². The van der Waals surface area contributed by atoms with Crippen molar-refractivity contribution in [1.82, 2.24) is 0 Å². The van der Waals surface area contributed by atoms with Crippen molar-refractivity contribution in [2.24, 2.45) is 0 Å². The molecular formula is C11H12BrF4N. The molecule has 0 aliphatic heterocycles. The van der Waals surface area contributed by atoms with Gasteiger partial charge in [-0.1, -0.05) is 15.9 Å². The molecule has 1 rings (SSSR count). The Bertz CT molecular complexity index is 378. The highest BCUT2D eigenvalue weighted by molar-refractivity contribution is 9.08. The van der Waals surface area contributed by atoms with Crippen LogP contribution < -0.4 is 4.90 Å². The van der Waals surface area contributed by atoms with E-state index in [1.165, 1.54) is 23.1 Å². The minimum Gasteiger partial charge on any atom is -0.363 e. The van der Waals surface area contributed by atoms with Crippen LogP contribution in [0.3, 0.4) is 0 Å². The molecule has 0 spiro atoms. The van der Waals surface area contributed by atoms with Gasteiger partial charge < -0.3 is 4.90 Å². The third-order valence-corrected chi connectivity index (χ3v) is 2.88. The van der Waals surface area contributed by atoms with Crippen molar-refractivity contribution in [3.05, 3.63) is 29.6 Å². The third kappa shape index (κ3) is 4.18. The van der Waals surface area contributed by atoms with E-state index < -0.39 is 18.5 Å². The Kier molecular flexibility index (Phi) is 4.80. The average molecular weight is 314 g/mol. The lowest BCUT2D eigenvalue weighted by atomic mass is 10.1. The van der Waals surface area contributed by atoms with Gasteiger partial charge in [-0.05, 0) is 30.7 Å². The Balaban J connectivity index is 3.03. The number of nitrogens with zero attached hydrogens (tertiary/aromatic N) is 1. The molecule has 0 N–H and O–H groups in total. The summed E-state index contributed by atoms with van der Waals surface area (Å²) in [5.74, 6) is -0.453. The molecule has 0 atom stereocenters. The smallest absolute Gasteiger partial charge is 0.363 e. The molecule has 0 bridgehead atoms. The number of hydrogen-bond acceptors (Lipinski definition) is 1. The minimum atomic E-state index is -4.27. The Morgan fingerprint density at radius 2 is 1.94 bits per heavy atom. The zero-order chi connectivity index (χ0) is 13.1.